The summed E-state index contributed by atoms with van der Waals surface area (Å²) in [5.41, 5.74) is 0.996. The van der Waals surface area contributed by atoms with Gasteiger partial charge in [-0.05, 0) is 5.57 Å². The molecule has 0 bridgehead atoms. The van der Waals surface area contributed by atoms with Gasteiger partial charge in [0.05, 0.1) is 6.33 Å². The van der Waals surface area contributed by atoms with Gasteiger partial charge in [0.25, 0.3) is 0 Å². The Morgan fingerprint density at radius 1 is 1.50 bits per heavy atom. The summed E-state index contributed by atoms with van der Waals surface area (Å²) in [6.45, 7) is 7.89. The predicted octanol–water partition coefficient (Wildman–Crippen LogP) is 3.49. The zero-order valence-electron chi connectivity index (χ0n) is 7.58. The van der Waals surface area contributed by atoms with Crippen LogP contribution in [-0.2, 0) is 6.54 Å². The Morgan fingerprint density at radius 3 is 2.64 bits per heavy atom. The summed E-state index contributed by atoms with van der Waals surface area (Å²) >= 11 is 11.6. The molecule has 14 heavy (non-hydrogen) atoms. The van der Waals surface area contributed by atoms with Crippen LogP contribution in [0.1, 0.15) is 0 Å². The van der Waals surface area contributed by atoms with E-state index in [-0.39, 0.29) is 0 Å². The Bertz CT molecular complexity index is 377. The maximum absolute atomic E-state index is 5.89. The van der Waals surface area contributed by atoms with E-state index in [2.05, 4.69) is 18.1 Å². The molecule has 0 aromatic carbocycles. The Balaban J connectivity index is 2.87. The maximum atomic E-state index is 5.89. The first-order chi connectivity index (χ1) is 6.69. The highest BCUT2D eigenvalue weighted by atomic mass is 35.5. The average Bonchev–Trinajstić information content (AvgIpc) is 2.49. The highest BCUT2D eigenvalue weighted by Crippen LogP contribution is 2.20. The molecule has 0 saturated heterocycles. The van der Waals surface area contributed by atoms with Crippen molar-refractivity contribution in [3.05, 3.63) is 53.6 Å². The van der Waals surface area contributed by atoms with Gasteiger partial charge in [0.15, 0.2) is 5.15 Å². The van der Waals surface area contributed by atoms with Crippen molar-refractivity contribution in [2.24, 2.45) is 0 Å². The monoisotopic (exact) mass is 228 g/mol. The van der Waals surface area contributed by atoms with Crippen LogP contribution in [0.2, 0.25) is 10.3 Å². The molecule has 0 N–H and O–H groups in total. The van der Waals surface area contributed by atoms with Crippen LogP contribution in [0, 0.1) is 0 Å². The van der Waals surface area contributed by atoms with Gasteiger partial charge in [-0.25, -0.2) is 4.98 Å². The van der Waals surface area contributed by atoms with Gasteiger partial charge in [0, 0.05) is 6.54 Å². The third-order valence-corrected chi connectivity index (χ3v) is 2.45. The smallest absolute Gasteiger partial charge is 0.166 e. The lowest BCUT2D eigenvalue weighted by molar-refractivity contribution is 0.798. The lowest BCUT2D eigenvalue weighted by Crippen LogP contribution is -1.97. The Morgan fingerprint density at radius 2 is 2.21 bits per heavy atom. The van der Waals surface area contributed by atoms with Gasteiger partial charge in [-0.1, -0.05) is 54.6 Å². The molecular weight excluding hydrogens is 219 g/mol. The molecule has 4 heteroatoms. The minimum atomic E-state index is 0.314. The lowest BCUT2D eigenvalue weighted by atomic mass is 10.2. The molecule has 0 amide bonds. The standard InChI is InChI=1S/C10H10Cl2N2/c1-3-5-8(4-2)6-14-7-13-9(11)10(14)12/h3-5,7H,1-2,6H2/b8-5+. The van der Waals surface area contributed by atoms with Crippen LogP contribution in [-0.4, -0.2) is 9.55 Å². The first kappa shape index (κ1) is 11.1. The number of hydrogen-bond donors (Lipinski definition) is 0. The zero-order valence-corrected chi connectivity index (χ0v) is 9.09. The minimum Gasteiger partial charge on any atom is -0.316 e. The van der Waals surface area contributed by atoms with E-state index in [1.165, 1.54) is 0 Å². The van der Waals surface area contributed by atoms with E-state index in [9.17, 15) is 0 Å². The van der Waals surface area contributed by atoms with E-state index in [0.717, 1.165) is 5.57 Å². The van der Waals surface area contributed by atoms with Gasteiger partial charge < -0.3 is 4.57 Å². The fourth-order valence-electron chi connectivity index (χ4n) is 0.986. The topological polar surface area (TPSA) is 17.8 Å². The summed E-state index contributed by atoms with van der Waals surface area (Å²) in [4.78, 5) is 3.87. The fraction of sp³-hybridized carbons (Fsp3) is 0.100. The molecule has 0 fully saturated rings. The number of allylic oxidation sites excluding steroid dienone is 4. The third-order valence-electron chi connectivity index (χ3n) is 1.68. The summed E-state index contributed by atoms with van der Waals surface area (Å²) in [7, 11) is 0. The van der Waals surface area contributed by atoms with E-state index in [0.29, 0.717) is 16.9 Å². The molecule has 0 radical (unpaired) electrons. The number of aromatic nitrogens is 2. The molecule has 1 aromatic heterocycles. The van der Waals surface area contributed by atoms with Crippen molar-refractivity contribution < 1.29 is 0 Å². The molecule has 1 aromatic rings. The van der Waals surface area contributed by atoms with Crippen molar-refractivity contribution in [1.82, 2.24) is 9.55 Å². The zero-order chi connectivity index (χ0) is 10.6. The first-order valence-electron chi connectivity index (χ1n) is 3.99. The van der Waals surface area contributed by atoms with Crippen molar-refractivity contribution in [1.29, 1.82) is 0 Å². The average molecular weight is 229 g/mol. The molecule has 1 rings (SSSR count). The summed E-state index contributed by atoms with van der Waals surface area (Å²) in [5, 5.41) is 0.747. The van der Waals surface area contributed by atoms with E-state index in [4.69, 9.17) is 23.2 Å². The van der Waals surface area contributed by atoms with Crippen LogP contribution in [0.3, 0.4) is 0 Å². The Labute approximate surface area is 93.2 Å². The number of imidazole rings is 1. The first-order valence-corrected chi connectivity index (χ1v) is 4.74. The fourth-order valence-corrected chi connectivity index (χ4v) is 1.29. The molecule has 1 heterocycles. The second kappa shape index (κ2) is 5.03. The molecule has 0 unspecified atom stereocenters. The summed E-state index contributed by atoms with van der Waals surface area (Å²) in [5.74, 6) is 0. The summed E-state index contributed by atoms with van der Waals surface area (Å²) < 4.78 is 1.74. The van der Waals surface area contributed by atoms with Crippen molar-refractivity contribution in [2.75, 3.05) is 0 Å². The number of halogens is 2. The van der Waals surface area contributed by atoms with Crippen LogP contribution >= 0.6 is 23.2 Å². The van der Waals surface area contributed by atoms with Crippen molar-refractivity contribution >= 4 is 23.2 Å². The lowest BCUT2D eigenvalue weighted by Gasteiger charge is -2.03. The molecular formula is C10H10Cl2N2. The highest BCUT2D eigenvalue weighted by molar-refractivity contribution is 6.40. The van der Waals surface area contributed by atoms with E-state index in [1.807, 2.05) is 6.08 Å². The predicted molar refractivity (Wildman–Crippen MR) is 60.7 cm³/mol. The summed E-state index contributed by atoms with van der Waals surface area (Å²) in [6.07, 6.45) is 6.89. The molecule has 0 aliphatic carbocycles. The number of hydrogen-bond acceptors (Lipinski definition) is 1. The highest BCUT2D eigenvalue weighted by Gasteiger charge is 2.05. The van der Waals surface area contributed by atoms with Crippen LogP contribution in [0.5, 0.6) is 0 Å². The van der Waals surface area contributed by atoms with Gasteiger partial charge in [-0.3, -0.25) is 0 Å². The normalized spacial score (nSPS) is 11.4. The van der Waals surface area contributed by atoms with Crippen LogP contribution in [0.4, 0.5) is 0 Å². The van der Waals surface area contributed by atoms with Crippen molar-refractivity contribution in [2.45, 2.75) is 6.54 Å². The van der Waals surface area contributed by atoms with Crippen LogP contribution < -0.4 is 0 Å². The van der Waals surface area contributed by atoms with Crippen molar-refractivity contribution in [3.8, 4) is 0 Å². The van der Waals surface area contributed by atoms with E-state index >= 15 is 0 Å². The largest absolute Gasteiger partial charge is 0.316 e. The maximum Gasteiger partial charge on any atom is 0.166 e. The second-order valence-corrected chi connectivity index (χ2v) is 3.35. The van der Waals surface area contributed by atoms with E-state index < -0.39 is 0 Å². The van der Waals surface area contributed by atoms with Gasteiger partial charge in [-0.15, -0.1) is 0 Å². The van der Waals surface area contributed by atoms with Gasteiger partial charge in [0.1, 0.15) is 5.15 Å². The summed E-state index contributed by atoms with van der Waals surface area (Å²) in [6, 6.07) is 0. The molecule has 0 aliphatic rings. The Hall–Kier alpha value is -0.990. The molecule has 0 saturated carbocycles. The van der Waals surface area contributed by atoms with Crippen LogP contribution in [0.25, 0.3) is 0 Å². The van der Waals surface area contributed by atoms with E-state index in [1.54, 1.807) is 23.0 Å². The quantitative estimate of drug-likeness (QED) is 0.722. The number of rotatable bonds is 4. The molecule has 0 spiro atoms. The SMILES string of the molecule is C=C/C=C(\C=C)Cn1cnc(Cl)c1Cl. The molecule has 0 aliphatic heterocycles. The van der Waals surface area contributed by atoms with Gasteiger partial charge >= 0.3 is 0 Å². The molecule has 74 valence electrons. The Kier molecular flexibility index (Phi) is 3.98. The third kappa shape index (κ3) is 2.50. The molecule has 0 atom stereocenters. The van der Waals surface area contributed by atoms with Crippen LogP contribution in [0.15, 0.2) is 43.3 Å². The van der Waals surface area contributed by atoms with Gasteiger partial charge in [-0.2, -0.15) is 0 Å². The minimum absolute atomic E-state index is 0.314. The second-order valence-electron chi connectivity index (χ2n) is 2.64. The molecule has 2 nitrogen and oxygen atoms in total. The number of nitrogens with zero attached hydrogens (tertiary/aromatic N) is 2. The van der Waals surface area contributed by atoms with Gasteiger partial charge in [0.2, 0.25) is 0 Å². The van der Waals surface area contributed by atoms with Crippen molar-refractivity contribution in [3.63, 3.8) is 0 Å².